The van der Waals surface area contributed by atoms with Crippen LogP contribution in [0.25, 0.3) is 66.7 Å². The minimum absolute atomic E-state index is 0.513. The molecule has 0 fully saturated rings. The van der Waals surface area contributed by atoms with Crippen LogP contribution >= 0.6 is 0 Å². The van der Waals surface area contributed by atoms with Crippen molar-refractivity contribution in [2.75, 3.05) is 0 Å². The van der Waals surface area contributed by atoms with Gasteiger partial charge in [-0.3, -0.25) is 4.98 Å². The van der Waals surface area contributed by atoms with Crippen molar-refractivity contribution >= 4 is 21.8 Å². The number of pyridine rings is 3. The molecule has 0 atom stereocenters. The summed E-state index contributed by atoms with van der Waals surface area (Å²) < 4.78 is 0. The van der Waals surface area contributed by atoms with E-state index in [2.05, 4.69) is 170 Å². The Kier molecular flexibility index (Phi) is 6.71. The molecule has 0 N–H and O–H groups in total. The third-order valence-electron chi connectivity index (χ3n) is 10.4. The Morgan fingerprint density at radius 3 is 1.57 bits per heavy atom. The minimum atomic E-state index is -0.513. The summed E-state index contributed by atoms with van der Waals surface area (Å²) in [4.78, 5) is 15.5. The van der Waals surface area contributed by atoms with Crippen LogP contribution in [0.1, 0.15) is 22.3 Å². The molecule has 10 rings (SSSR count). The number of rotatable bonds is 5. The van der Waals surface area contributed by atoms with Crippen LogP contribution in [0.3, 0.4) is 0 Å². The summed E-state index contributed by atoms with van der Waals surface area (Å²) in [6, 6.07) is 64.8. The largest absolute Gasteiger partial charge is 0.256 e. The topological polar surface area (TPSA) is 38.7 Å². The third-order valence-corrected chi connectivity index (χ3v) is 10.4. The van der Waals surface area contributed by atoms with E-state index in [9.17, 15) is 0 Å². The van der Waals surface area contributed by atoms with Crippen LogP contribution in [0.15, 0.2) is 188 Å². The maximum absolute atomic E-state index is 5.44. The van der Waals surface area contributed by atoms with Crippen LogP contribution < -0.4 is 0 Å². The molecular formula is C48H31N3. The average Bonchev–Trinajstić information content (AvgIpc) is 3.51. The molecule has 9 aromatic rings. The lowest BCUT2D eigenvalue weighted by molar-refractivity contribution is 0.769. The molecule has 0 unspecified atom stereocenters. The first kappa shape index (κ1) is 29.2. The maximum atomic E-state index is 5.44. The molecule has 0 spiro atoms. The first-order valence-electron chi connectivity index (χ1n) is 17.4. The molecule has 1 aliphatic rings. The molecule has 0 amide bonds. The lowest BCUT2D eigenvalue weighted by Gasteiger charge is -2.34. The lowest BCUT2D eigenvalue weighted by atomic mass is 9.67. The third kappa shape index (κ3) is 4.56. The second-order valence-electron chi connectivity index (χ2n) is 13.2. The lowest BCUT2D eigenvalue weighted by Crippen LogP contribution is -2.28. The number of hydrogen-bond donors (Lipinski definition) is 0. The number of hydrogen-bond acceptors (Lipinski definition) is 3. The Morgan fingerprint density at radius 1 is 0.353 bits per heavy atom. The van der Waals surface area contributed by atoms with Crippen LogP contribution in [0.4, 0.5) is 0 Å². The molecule has 0 aliphatic heterocycles. The summed E-state index contributed by atoms with van der Waals surface area (Å²) in [5, 5.41) is 2.12. The molecule has 0 radical (unpaired) electrons. The molecule has 0 bridgehead atoms. The predicted octanol–water partition coefficient (Wildman–Crippen LogP) is 11.5. The van der Waals surface area contributed by atoms with E-state index < -0.39 is 5.41 Å². The van der Waals surface area contributed by atoms with Gasteiger partial charge in [0.15, 0.2) is 0 Å². The summed E-state index contributed by atoms with van der Waals surface area (Å²) in [5.74, 6) is 0. The van der Waals surface area contributed by atoms with Crippen molar-refractivity contribution in [3.8, 4) is 44.9 Å². The molecule has 6 aromatic carbocycles. The highest BCUT2D eigenvalue weighted by molar-refractivity contribution is 6.05. The Labute approximate surface area is 296 Å². The summed E-state index contributed by atoms with van der Waals surface area (Å²) in [6.07, 6.45) is 1.87. The minimum Gasteiger partial charge on any atom is -0.256 e. The zero-order valence-electron chi connectivity index (χ0n) is 27.7. The van der Waals surface area contributed by atoms with Gasteiger partial charge in [-0.15, -0.1) is 0 Å². The van der Waals surface area contributed by atoms with Gasteiger partial charge in [0.25, 0.3) is 0 Å². The van der Waals surface area contributed by atoms with E-state index >= 15 is 0 Å². The van der Waals surface area contributed by atoms with Gasteiger partial charge in [0.1, 0.15) is 0 Å². The molecular weight excluding hydrogens is 619 g/mol. The summed E-state index contributed by atoms with van der Waals surface area (Å²) in [5.41, 5.74) is 14.6. The molecule has 0 saturated heterocycles. The van der Waals surface area contributed by atoms with Gasteiger partial charge in [0.05, 0.1) is 33.5 Å². The van der Waals surface area contributed by atoms with E-state index in [1.165, 1.54) is 33.4 Å². The average molecular weight is 650 g/mol. The van der Waals surface area contributed by atoms with Crippen molar-refractivity contribution in [1.29, 1.82) is 0 Å². The van der Waals surface area contributed by atoms with E-state index in [0.29, 0.717) is 0 Å². The fraction of sp³-hybridized carbons (Fsp3) is 0.0208. The van der Waals surface area contributed by atoms with Crippen molar-refractivity contribution in [3.05, 3.63) is 210 Å². The quantitative estimate of drug-likeness (QED) is 0.174. The molecule has 3 aromatic heterocycles. The highest BCUT2D eigenvalue weighted by Gasteiger charge is 2.46. The summed E-state index contributed by atoms with van der Waals surface area (Å²) >= 11 is 0. The molecule has 1 aliphatic carbocycles. The highest BCUT2D eigenvalue weighted by Crippen LogP contribution is 2.57. The van der Waals surface area contributed by atoms with E-state index in [1.54, 1.807) is 0 Å². The van der Waals surface area contributed by atoms with E-state index in [1.807, 2.05) is 18.3 Å². The van der Waals surface area contributed by atoms with Crippen molar-refractivity contribution < 1.29 is 0 Å². The van der Waals surface area contributed by atoms with Gasteiger partial charge in [0.2, 0.25) is 0 Å². The van der Waals surface area contributed by atoms with Crippen LogP contribution in [0.5, 0.6) is 0 Å². The predicted molar refractivity (Wildman–Crippen MR) is 208 cm³/mol. The number of nitrogens with zero attached hydrogens (tertiary/aromatic N) is 3. The fourth-order valence-electron chi connectivity index (χ4n) is 8.12. The zero-order valence-corrected chi connectivity index (χ0v) is 27.7. The zero-order chi connectivity index (χ0) is 33.8. The van der Waals surface area contributed by atoms with Crippen LogP contribution in [-0.4, -0.2) is 15.0 Å². The van der Waals surface area contributed by atoms with Crippen LogP contribution in [-0.2, 0) is 5.41 Å². The van der Waals surface area contributed by atoms with Gasteiger partial charge in [-0.2, -0.15) is 0 Å². The number of fused-ring (bicyclic) bond motifs is 6. The Bertz CT molecular complexity index is 2680. The smallest absolute Gasteiger partial charge is 0.0972 e. The molecule has 3 heterocycles. The fourth-order valence-corrected chi connectivity index (χ4v) is 8.12. The second kappa shape index (κ2) is 11.7. The maximum Gasteiger partial charge on any atom is 0.0972 e. The standard InChI is InChI=1S/C48H31N3/c1-4-14-32(15-5-1)43-27-25-33-23-24-34-26-28-45(51-47(34)46(33)50-43)39-30-38-37-20-10-11-21-41(37)48(35-16-6-2-7-17-35,36-18-8-3-9-19-36)42(38)31-40(39)44-22-12-13-29-49-44/h1-31H. The van der Waals surface area contributed by atoms with Gasteiger partial charge in [-0.25, -0.2) is 9.97 Å². The molecule has 0 saturated carbocycles. The van der Waals surface area contributed by atoms with Gasteiger partial charge < -0.3 is 0 Å². The highest BCUT2D eigenvalue weighted by atomic mass is 14.8. The monoisotopic (exact) mass is 649 g/mol. The van der Waals surface area contributed by atoms with E-state index in [-0.39, 0.29) is 0 Å². The molecule has 51 heavy (non-hydrogen) atoms. The molecule has 3 heteroatoms. The summed E-state index contributed by atoms with van der Waals surface area (Å²) in [6.45, 7) is 0. The van der Waals surface area contributed by atoms with Gasteiger partial charge in [-0.1, -0.05) is 146 Å². The SMILES string of the molecule is c1ccc(-c2ccc3ccc4ccc(-c5cc6c(cc5-c5ccccn5)C(c5ccccc5)(c5ccccc5)c5ccccc5-6)nc4c3n2)cc1. The molecule has 238 valence electrons. The number of aromatic nitrogens is 3. The van der Waals surface area contributed by atoms with Gasteiger partial charge in [-0.05, 0) is 69.8 Å². The van der Waals surface area contributed by atoms with Crippen molar-refractivity contribution in [1.82, 2.24) is 15.0 Å². The van der Waals surface area contributed by atoms with E-state index in [4.69, 9.17) is 15.0 Å². The first-order valence-corrected chi connectivity index (χ1v) is 17.4. The van der Waals surface area contributed by atoms with Crippen LogP contribution in [0, 0.1) is 0 Å². The summed E-state index contributed by atoms with van der Waals surface area (Å²) in [7, 11) is 0. The van der Waals surface area contributed by atoms with Crippen LogP contribution in [0.2, 0.25) is 0 Å². The van der Waals surface area contributed by atoms with Crippen molar-refractivity contribution in [3.63, 3.8) is 0 Å². The van der Waals surface area contributed by atoms with Gasteiger partial charge >= 0.3 is 0 Å². The Balaban J connectivity index is 1.28. The van der Waals surface area contributed by atoms with Gasteiger partial charge in [0, 0.05) is 33.7 Å². The normalized spacial score (nSPS) is 12.9. The molecule has 3 nitrogen and oxygen atoms in total. The second-order valence-corrected chi connectivity index (χ2v) is 13.2. The Hall–Kier alpha value is -6.71. The first-order chi connectivity index (χ1) is 25.3. The van der Waals surface area contributed by atoms with Crippen molar-refractivity contribution in [2.45, 2.75) is 5.41 Å². The van der Waals surface area contributed by atoms with Crippen molar-refractivity contribution in [2.24, 2.45) is 0 Å². The number of benzene rings is 6. The van der Waals surface area contributed by atoms with E-state index in [0.717, 1.165) is 55.6 Å². The Morgan fingerprint density at radius 2 is 0.902 bits per heavy atom.